The molecular formula is C22H22FN5O4. The van der Waals surface area contributed by atoms with Crippen LogP contribution in [0.15, 0.2) is 35.0 Å². The predicted octanol–water partition coefficient (Wildman–Crippen LogP) is 4.30. The van der Waals surface area contributed by atoms with Crippen LogP contribution in [0.5, 0.6) is 0 Å². The number of rotatable bonds is 6. The monoisotopic (exact) mass is 439 g/mol. The number of nitro groups is 1. The van der Waals surface area contributed by atoms with E-state index in [4.69, 9.17) is 4.63 Å². The summed E-state index contributed by atoms with van der Waals surface area (Å²) in [6.07, 6.45) is 5.06. The number of non-ortho nitro benzene ring substituents is 1. The zero-order valence-corrected chi connectivity index (χ0v) is 17.4. The molecule has 2 heterocycles. The van der Waals surface area contributed by atoms with Gasteiger partial charge in [0.15, 0.2) is 5.52 Å². The summed E-state index contributed by atoms with van der Waals surface area (Å²) < 4.78 is 18.9. The Morgan fingerprint density at radius 1 is 1.12 bits per heavy atom. The maximum Gasteiger partial charge on any atom is 0.300 e. The number of benzene rings is 2. The maximum atomic E-state index is 14.1. The lowest BCUT2D eigenvalue weighted by molar-refractivity contribution is -0.383. The summed E-state index contributed by atoms with van der Waals surface area (Å²) in [7, 11) is 0. The Morgan fingerprint density at radius 2 is 1.84 bits per heavy atom. The van der Waals surface area contributed by atoms with Crippen molar-refractivity contribution in [2.75, 3.05) is 24.5 Å². The van der Waals surface area contributed by atoms with Gasteiger partial charge in [-0.05, 0) is 84.8 Å². The fraction of sp³-hybridized carbons (Fsp3) is 0.409. The standard InChI is InChI=1S/C22H22FN5O4/c23-15-6-7-17(16(12-15)14-4-5-14)27(20(29)13-26-10-2-1-3-11-26)18-8-9-19(28(30)31)22-21(18)24-32-25-22/h6-9,12,14H,1-5,10-11,13H2. The Balaban J connectivity index is 1.63. The molecule has 32 heavy (non-hydrogen) atoms. The number of hydrogen-bond donors (Lipinski definition) is 0. The fourth-order valence-electron chi connectivity index (χ4n) is 4.40. The number of likely N-dealkylation sites (tertiary alicyclic amines) is 1. The molecule has 1 aliphatic heterocycles. The Bertz CT molecular complexity index is 1190. The van der Waals surface area contributed by atoms with Crippen molar-refractivity contribution in [3.05, 3.63) is 51.8 Å². The first-order chi connectivity index (χ1) is 15.5. The van der Waals surface area contributed by atoms with Gasteiger partial charge < -0.3 is 0 Å². The van der Waals surface area contributed by atoms with Crippen LogP contribution in [0.25, 0.3) is 11.0 Å². The van der Waals surface area contributed by atoms with Gasteiger partial charge in [-0.25, -0.2) is 9.02 Å². The lowest BCUT2D eigenvalue weighted by Crippen LogP contribution is -2.40. The minimum atomic E-state index is -0.566. The number of hydrogen-bond acceptors (Lipinski definition) is 7. The molecule has 0 N–H and O–H groups in total. The number of carbonyl (C=O) groups is 1. The topological polar surface area (TPSA) is 106 Å². The molecule has 0 radical (unpaired) electrons. The molecule has 2 aromatic carbocycles. The molecule has 1 amide bonds. The van der Waals surface area contributed by atoms with Crippen molar-refractivity contribution in [1.82, 2.24) is 15.2 Å². The third kappa shape index (κ3) is 3.81. The van der Waals surface area contributed by atoms with E-state index in [1.54, 1.807) is 6.07 Å². The van der Waals surface area contributed by atoms with E-state index in [1.807, 2.05) is 0 Å². The Hall–Kier alpha value is -3.40. The van der Waals surface area contributed by atoms with Crippen LogP contribution < -0.4 is 4.90 Å². The zero-order valence-electron chi connectivity index (χ0n) is 17.4. The molecule has 9 nitrogen and oxygen atoms in total. The van der Waals surface area contributed by atoms with E-state index in [9.17, 15) is 19.3 Å². The second-order valence-corrected chi connectivity index (χ2v) is 8.37. The van der Waals surface area contributed by atoms with Crippen LogP contribution in [0.1, 0.15) is 43.6 Å². The highest BCUT2D eigenvalue weighted by atomic mass is 19.1. The largest absolute Gasteiger partial charge is 0.300 e. The lowest BCUT2D eigenvalue weighted by atomic mass is 10.1. The summed E-state index contributed by atoms with van der Waals surface area (Å²) in [5.74, 6) is -0.399. The van der Waals surface area contributed by atoms with Crippen molar-refractivity contribution < 1.29 is 18.7 Å². The van der Waals surface area contributed by atoms with Crippen LogP contribution in [0.2, 0.25) is 0 Å². The Kier molecular flexibility index (Phi) is 5.30. The number of carbonyl (C=O) groups excluding carboxylic acids is 1. The molecule has 0 unspecified atom stereocenters. The van der Waals surface area contributed by atoms with Gasteiger partial charge in [0.1, 0.15) is 5.82 Å². The molecule has 1 aliphatic carbocycles. The van der Waals surface area contributed by atoms with E-state index < -0.39 is 4.92 Å². The molecule has 3 aromatic rings. The number of aromatic nitrogens is 2. The van der Waals surface area contributed by atoms with Crippen molar-refractivity contribution >= 4 is 34.0 Å². The van der Waals surface area contributed by atoms with Crippen LogP contribution in [-0.4, -0.2) is 45.7 Å². The number of piperidine rings is 1. The van der Waals surface area contributed by atoms with Gasteiger partial charge >= 0.3 is 5.69 Å². The van der Waals surface area contributed by atoms with Crippen LogP contribution in [0, 0.1) is 15.9 Å². The molecule has 2 aliphatic rings. The van der Waals surface area contributed by atoms with Crippen LogP contribution in [-0.2, 0) is 4.79 Å². The lowest BCUT2D eigenvalue weighted by Gasteiger charge is -2.30. The molecule has 1 saturated carbocycles. The molecule has 0 atom stereocenters. The molecule has 0 bridgehead atoms. The Labute approximate surface area is 182 Å². The number of nitrogens with zero attached hydrogens (tertiary/aromatic N) is 5. The van der Waals surface area contributed by atoms with Gasteiger partial charge in [0.05, 0.1) is 22.8 Å². The van der Waals surface area contributed by atoms with E-state index in [-0.39, 0.29) is 40.9 Å². The second-order valence-electron chi connectivity index (χ2n) is 8.37. The second kappa shape index (κ2) is 8.27. The molecule has 0 spiro atoms. The van der Waals surface area contributed by atoms with Gasteiger partial charge in [0.25, 0.3) is 0 Å². The fourth-order valence-corrected chi connectivity index (χ4v) is 4.40. The molecule has 1 aromatic heterocycles. The van der Waals surface area contributed by atoms with Crippen molar-refractivity contribution in [3.63, 3.8) is 0 Å². The van der Waals surface area contributed by atoms with E-state index >= 15 is 0 Å². The number of halogens is 1. The van der Waals surface area contributed by atoms with Crippen molar-refractivity contribution in [3.8, 4) is 0 Å². The summed E-state index contributed by atoms with van der Waals surface area (Å²) in [5, 5.41) is 19.0. The minimum absolute atomic E-state index is 0.0293. The van der Waals surface area contributed by atoms with Crippen molar-refractivity contribution in [2.24, 2.45) is 0 Å². The molecule has 5 rings (SSSR count). The third-order valence-corrected chi connectivity index (χ3v) is 6.12. The number of fused-ring (bicyclic) bond motifs is 1. The average Bonchev–Trinajstić information content (AvgIpc) is 3.51. The quantitative estimate of drug-likeness (QED) is 0.416. The highest BCUT2D eigenvalue weighted by molar-refractivity contribution is 6.09. The summed E-state index contributed by atoms with van der Waals surface area (Å²) in [5.41, 5.74) is 1.49. The molecule has 166 valence electrons. The highest BCUT2D eigenvalue weighted by Crippen LogP contribution is 2.47. The van der Waals surface area contributed by atoms with Crippen LogP contribution in [0.3, 0.4) is 0 Å². The van der Waals surface area contributed by atoms with Gasteiger partial charge in [-0.3, -0.25) is 24.7 Å². The molecule has 1 saturated heterocycles. The SMILES string of the molecule is O=C(CN1CCCCC1)N(c1ccc(F)cc1C1CC1)c1ccc([N+](=O)[O-])c2nonc12. The normalized spacial score (nSPS) is 16.9. The van der Waals surface area contributed by atoms with Gasteiger partial charge in [0.2, 0.25) is 11.4 Å². The predicted molar refractivity (Wildman–Crippen MR) is 114 cm³/mol. The summed E-state index contributed by atoms with van der Waals surface area (Å²) in [6.45, 7) is 1.85. The average molecular weight is 439 g/mol. The number of nitro benzene ring substituents is 1. The van der Waals surface area contributed by atoms with Crippen LogP contribution in [0.4, 0.5) is 21.5 Å². The first kappa shape index (κ1) is 20.5. The summed E-state index contributed by atoms with van der Waals surface area (Å²) in [4.78, 5) is 28.1. The summed E-state index contributed by atoms with van der Waals surface area (Å²) in [6, 6.07) is 7.17. The summed E-state index contributed by atoms with van der Waals surface area (Å²) >= 11 is 0. The smallest absolute Gasteiger partial charge is 0.294 e. The van der Waals surface area contributed by atoms with Gasteiger partial charge in [-0.1, -0.05) is 6.42 Å². The molecular weight excluding hydrogens is 417 g/mol. The van der Waals surface area contributed by atoms with Crippen molar-refractivity contribution in [1.29, 1.82) is 0 Å². The van der Waals surface area contributed by atoms with E-state index in [2.05, 4.69) is 15.2 Å². The van der Waals surface area contributed by atoms with Gasteiger partial charge in [0, 0.05) is 6.07 Å². The number of amides is 1. The zero-order chi connectivity index (χ0) is 22.2. The van der Waals surface area contributed by atoms with Crippen molar-refractivity contribution in [2.45, 2.75) is 38.0 Å². The van der Waals surface area contributed by atoms with Crippen LogP contribution >= 0.6 is 0 Å². The first-order valence-corrected chi connectivity index (χ1v) is 10.8. The van der Waals surface area contributed by atoms with E-state index in [1.165, 1.54) is 29.2 Å². The van der Waals surface area contributed by atoms with E-state index in [0.717, 1.165) is 50.8 Å². The first-order valence-electron chi connectivity index (χ1n) is 10.8. The Morgan fingerprint density at radius 3 is 2.56 bits per heavy atom. The van der Waals surface area contributed by atoms with Gasteiger partial charge in [-0.2, -0.15) is 0 Å². The maximum absolute atomic E-state index is 14.1. The highest BCUT2D eigenvalue weighted by Gasteiger charge is 2.33. The molecule has 2 fully saturated rings. The van der Waals surface area contributed by atoms with E-state index in [0.29, 0.717) is 11.4 Å². The van der Waals surface area contributed by atoms with Gasteiger partial charge in [-0.15, -0.1) is 0 Å². The number of anilines is 2. The minimum Gasteiger partial charge on any atom is -0.294 e. The third-order valence-electron chi connectivity index (χ3n) is 6.12. The molecule has 10 heteroatoms.